The van der Waals surface area contributed by atoms with E-state index in [0.717, 1.165) is 0 Å². The van der Waals surface area contributed by atoms with Crippen LogP contribution in [0.25, 0.3) is 5.76 Å². The van der Waals surface area contributed by atoms with Gasteiger partial charge in [-0.2, -0.15) is 13.2 Å². The van der Waals surface area contributed by atoms with Crippen molar-refractivity contribution in [3.63, 3.8) is 0 Å². The molecule has 19 heavy (non-hydrogen) atoms. The lowest BCUT2D eigenvalue weighted by atomic mass is 10.2. The molecule has 0 aliphatic heterocycles. The van der Waals surface area contributed by atoms with Crippen molar-refractivity contribution in [1.29, 1.82) is 0 Å². The van der Waals surface area contributed by atoms with Crippen molar-refractivity contribution < 1.29 is 27.8 Å². The molecule has 0 fully saturated rings. The molecule has 1 aromatic rings. The number of aliphatic hydroxyl groups excluding tert-OH is 1. The van der Waals surface area contributed by atoms with Crippen molar-refractivity contribution in [3.05, 3.63) is 40.8 Å². The topological polar surface area (TPSA) is 46.5 Å². The Balaban J connectivity index is 3.17. The number of alkyl halides is 3. The Bertz CT molecular complexity index is 469. The van der Waals surface area contributed by atoms with Gasteiger partial charge in [0.15, 0.2) is 0 Å². The quantitative estimate of drug-likeness (QED) is 0.522. The van der Waals surface area contributed by atoms with Crippen LogP contribution in [0.2, 0.25) is 0 Å². The van der Waals surface area contributed by atoms with Crippen LogP contribution in [0.5, 0.6) is 0 Å². The van der Waals surface area contributed by atoms with Gasteiger partial charge in [0.1, 0.15) is 10.7 Å². The minimum absolute atomic E-state index is 0.0805. The predicted molar refractivity (Wildman–Crippen MR) is 66.3 cm³/mol. The van der Waals surface area contributed by atoms with Gasteiger partial charge < -0.3 is 9.84 Å². The highest BCUT2D eigenvalue weighted by Gasteiger charge is 2.35. The molecule has 0 atom stereocenters. The van der Waals surface area contributed by atoms with Gasteiger partial charge in [0.25, 0.3) is 0 Å². The van der Waals surface area contributed by atoms with E-state index in [0.29, 0.717) is 0 Å². The van der Waals surface area contributed by atoms with Gasteiger partial charge in [-0.25, -0.2) is 4.79 Å². The van der Waals surface area contributed by atoms with Crippen LogP contribution in [0.4, 0.5) is 13.2 Å². The van der Waals surface area contributed by atoms with Crippen LogP contribution < -0.4 is 0 Å². The zero-order valence-corrected chi connectivity index (χ0v) is 10.7. The number of thioether (sulfide) groups is 1. The van der Waals surface area contributed by atoms with Gasteiger partial charge in [-0.15, -0.1) is 0 Å². The number of hydrogen-bond acceptors (Lipinski definition) is 4. The summed E-state index contributed by atoms with van der Waals surface area (Å²) >= 11 is -0.692. The second-order valence-electron chi connectivity index (χ2n) is 3.31. The molecular weight excluding hydrogens is 281 g/mol. The van der Waals surface area contributed by atoms with E-state index in [1.165, 1.54) is 31.2 Å². The third-order valence-corrected chi connectivity index (χ3v) is 2.74. The molecule has 0 amide bonds. The lowest BCUT2D eigenvalue weighted by Gasteiger charge is -2.11. The molecule has 0 saturated carbocycles. The number of halogens is 3. The summed E-state index contributed by atoms with van der Waals surface area (Å²) in [7, 11) is 0. The molecule has 0 aliphatic carbocycles. The number of esters is 1. The average Bonchev–Trinajstić information content (AvgIpc) is 2.35. The number of aliphatic hydroxyl groups is 1. The first-order chi connectivity index (χ1) is 8.85. The molecule has 0 bridgehead atoms. The molecular formula is C12H11F3O3S. The molecule has 104 valence electrons. The van der Waals surface area contributed by atoms with Crippen molar-refractivity contribution >= 4 is 23.5 Å². The van der Waals surface area contributed by atoms with Gasteiger partial charge in [0.2, 0.25) is 0 Å². The van der Waals surface area contributed by atoms with E-state index in [4.69, 9.17) is 0 Å². The lowest BCUT2D eigenvalue weighted by molar-refractivity contribution is -0.137. The number of hydrogen-bond donors (Lipinski definition) is 1. The van der Waals surface area contributed by atoms with Crippen molar-refractivity contribution in [3.8, 4) is 0 Å². The summed E-state index contributed by atoms with van der Waals surface area (Å²) < 4.78 is 41.7. The summed E-state index contributed by atoms with van der Waals surface area (Å²) in [5, 5.41) is 9.80. The van der Waals surface area contributed by atoms with Crippen LogP contribution in [0.1, 0.15) is 12.5 Å². The highest BCUT2D eigenvalue weighted by atomic mass is 32.2. The fourth-order valence-electron chi connectivity index (χ4n) is 1.23. The maximum absolute atomic E-state index is 12.4. The Morgan fingerprint density at radius 1 is 1.32 bits per heavy atom. The van der Waals surface area contributed by atoms with Crippen molar-refractivity contribution in [2.24, 2.45) is 0 Å². The summed E-state index contributed by atoms with van der Waals surface area (Å²) in [6.45, 7) is 1.39. The molecule has 0 radical (unpaired) electrons. The Kier molecular flexibility index (Phi) is 5.29. The van der Waals surface area contributed by atoms with Gasteiger partial charge in [0.05, 0.1) is 6.61 Å². The number of benzene rings is 1. The van der Waals surface area contributed by atoms with Gasteiger partial charge >= 0.3 is 11.5 Å². The fraction of sp³-hybridized carbons (Fsp3) is 0.250. The highest BCUT2D eigenvalue weighted by Crippen LogP contribution is 2.39. The van der Waals surface area contributed by atoms with E-state index in [1.807, 2.05) is 0 Å². The van der Waals surface area contributed by atoms with Gasteiger partial charge in [-0.1, -0.05) is 30.3 Å². The van der Waals surface area contributed by atoms with E-state index in [2.05, 4.69) is 4.74 Å². The van der Waals surface area contributed by atoms with Crippen LogP contribution in [-0.2, 0) is 9.53 Å². The summed E-state index contributed by atoms with van der Waals surface area (Å²) in [6.07, 6.45) is 0. The first-order valence-corrected chi connectivity index (χ1v) is 6.08. The molecule has 0 unspecified atom stereocenters. The molecule has 0 heterocycles. The molecule has 1 N–H and O–H groups in total. The second kappa shape index (κ2) is 6.51. The minimum atomic E-state index is -4.69. The monoisotopic (exact) mass is 292 g/mol. The third kappa shape index (κ3) is 4.86. The molecule has 3 nitrogen and oxygen atoms in total. The van der Waals surface area contributed by atoms with Crippen LogP contribution in [-0.4, -0.2) is 23.2 Å². The largest absolute Gasteiger partial charge is 0.506 e. The smallest absolute Gasteiger partial charge is 0.446 e. The molecule has 0 aromatic heterocycles. The molecule has 1 rings (SSSR count). The third-order valence-electron chi connectivity index (χ3n) is 1.94. The Morgan fingerprint density at radius 3 is 2.37 bits per heavy atom. The lowest BCUT2D eigenvalue weighted by Crippen LogP contribution is -2.12. The summed E-state index contributed by atoms with van der Waals surface area (Å²) in [5.41, 5.74) is -4.58. The van der Waals surface area contributed by atoms with Crippen LogP contribution in [0.3, 0.4) is 0 Å². The van der Waals surface area contributed by atoms with Crippen molar-refractivity contribution in [2.75, 3.05) is 6.61 Å². The molecule has 1 aromatic carbocycles. The van der Waals surface area contributed by atoms with E-state index < -0.39 is 33.9 Å². The number of ether oxygens (including phenoxy) is 1. The van der Waals surface area contributed by atoms with E-state index >= 15 is 0 Å². The second-order valence-corrected chi connectivity index (χ2v) is 4.39. The Hall–Kier alpha value is -1.63. The van der Waals surface area contributed by atoms with Crippen molar-refractivity contribution in [1.82, 2.24) is 0 Å². The van der Waals surface area contributed by atoms with Gasteiger partial charge in [0, 0.05) is 5.56 Å². The van der Waals surface area contributed by atoms with Gasteiger partial charge in [-0.3, -0.25) is 0 Å². The molecule has 0 aliphatic rings. The summed E-state index contributed by atoms with van der Waals surface area (Å²) in [6, 6.07) is 7.49. The number of carbonyl (C=O) groups is 1. The SMILES string of the molecule is CCOC(=O)/C(SC(F)(F)F)=C(\O)c1ccccc1. The normalized spacial score (nSPS) is 12.8. The maximum atomic E-state index is 12.4. The zero-order chi connectivity index (χ0) is 14.5. The summed E-state index contributed by atoms with van der Waals surface area (Å²) in [4.78, 5) is 10.6. The summed E-state index contributed by atoms with van der Waals surface area (Å²) in [5.74, 6) is -1.95. The van der Waals surface area contributed by atoms with Gasteiger partial charge in [-0.05, 0) is 18.7 Å². The Labute approximate surface area is 112 Å². The number of carbonyl (C=O) groups excluding carboxylic acids is 1. The standard InChI is InChI=1S/C12H11F3O3S/c1-2-18-11(17)10(19-12(13,14)15)9(16)8-6-4-3-5-7-8/h3-7,16H,2H2,1H3/b10-9+. The van der Waals surface area contributed by atoms with E-state index in [1.54, 1.807) is 6.07 Å². The van der Waals surface area contributed by atoms with E-state index in [9.17, 15) is 23.1 Å². The Morgan fingerprint density at radius 2 is 1.89 bits per heavy atom. The molecule has 0 spiro atoms. The van der Waals surface area contributed by atoms with Crippen LogP contribution >= 0.6 is 11.8 Å². The first-order valence-electron chi connectivity index (χ1n) is 5.26. The molecule has 0 saturated heterocycles. The van der Waals surface area contributed by atoms with Crippen LogP contribution in [0, 0.1) is 0 Å². The van der Waals surface area contributed by atoms with Crippen molar-refractivity contribution in [2.45, 2.75) is 12.4 Å². The van der Waals surface area contributed by atoms with Crippen LogP contribution in [0.15, 0.2) is 35.2 Å². The maximum Gasteiger partial charge on any atom is 0.446 e. The predicted octanol–water partition coefficient (Wildman–Crippen LogP) is 3.73. The number of rotatable bonds is 4. The average molecular weight is 292 g/mol. The fourth-order valence-corrected chi connectivity index (χ4v) is 1.81. The zero-order valence-electron chi connectivity index (χ0n) is 9.90. The molecule has 7 heteroatoms. The van der Waals surface area contributed by atoms with E-state index in [-0.39, 0.29) is 12.2 Å². The minimum Gasteiger partial charge on any atom is -0.506 e. The first kappa shape index (κ1) is 15.4. The highest BCUT2D eigenvalue weighted by molar-refractivity contribution is 8.04.